The molecule has 1 atom stereocenters. The third-order valence-electron chi connectivity index (χ3n) is 5.17. The first-order valence-corrected chi connectivity index (χ1v) is 9.47. The molecule has 1 aliphatic heterocycles. The SMILES string of the molecule is COc1ccc(C(O)=C2C(=O)C(=O)N(c3cc(C)on3)[C@@H]2c2ccccc2F)cc1C. The van der Waals surface area contributed by atoms with Gasteiger partial charge in [-0.2, -0.15) is 0 Å². The molecule has 158 valence electrons. The van der Waals surface area contributed by atoms with Crippen molar-refractivity contribution in [3.63, 3.8) is 0 Å². The molecule has 7 nitrogen and oxygen atoms in total. The van der Waals surface area contributed by atoms with Gasteiger partial charge in [-0.15, -0.1) is 0 Å². The zero-order valence-electron chi connectivity index (χ0n) is 17.0. The van der Waals surface area contributed by atoms with Crippen LogP contribution in [0.15, 0.2) is 58.6 Å². The number of carbonyl (C=O) groups is 2. The third kappa shape index (κ3) is 3.35. The zero-order valence-corrected chi connectivity index (χ0v) is 17.0. The van der Waals surface area contributed by atoms with Crippen molar-refractivity contribution in [1.82, 2.24) is 5.16 Å². The van der Waals surface area contributed by atoms with E-state index < -0.39 is 29.3 Å². The lowest BCUT2D eigenvalue weighted by molar-refractivity contribution is -0.132. The summed E-state index contributed by atoms with van der Waals surface area (Å²) >= 11 is 0. The van der Waals surface area contributed by atoms with Crippen LogP contribution in [0.1, 0.15) is 28.5 Å². The molecule has 1 saturated heterocycles. The van der Waals surface area contributed by atoms with Crippen molar-refractivity contribution in [3.05, 3.63) is 82.4 Å². The van der Waals surface area contributed by atoms with Gasteiger partial charge in [-0.1, -0.05) is 23.4 Å². The van der Waals surface area contributed by atoms with Crippen LogP contribution in [0.25, 0.3) is 5.76 Å². The fraction of sp³-hybridized carbons (Fsp3) is 0.174. The van der Waals surface area contributed by atoms with Crippen LogP contribution < -0.4 is 9.64 Å². The van der Waals surface area contributed by atoms with E-state index in [1.54, 1.807) is 38.1 Å². The monoisotopic (exact) mass is 422 g/mol. The Morgan fingerprint density at radius 2 is 1.90 bits per heavy atom. The number of aliphatic hydroxyl groups excluding tert-OH is 1. The maximum absolute atomic E-state index is 14.8. The fourth-order valence-corrected chi connectivity index (χ4v) is 3.71. The summed E-state index contributed by atoms with van der Waals surface area (Å²) in [5.74, 6) is -1.86. The molecule has 1 N–H and O–H groups in total. The number of aromatic nitrogens is 1. The third-order valence-corrected chi connectivity index (χ3v) is 5.17. The average molecular weight is 422 g/mol. The first-order valence-electron chi connectivity index (χ1n) is 9.47. The minimum atomic E-state index is -1.21. The second-order valence-corrected chi connectivity index (χ2v) is 7.17. The highest BCUT2D eigenvalue weighted by atomic mass is 19.1. The Labute approximate surface area is 177 Å². The lowest BCUT2D eigenvalue weighted by Crippen LogP contribution is -2.30. The summed E-state index contributed by atoms with van der Waals surface area (Å²) in [6.45, 7) is 3.41. The number of ketones is 1. The van der Waals surface area contributed by atoms with Crippen LogP contribution in [-0.2, 0) is 9.59 Å². The lowest BCUT2D eigenvalue weighted by Gasteiger charge is -2.23. The summed E-state index contributed by atoms with van der Waals surface area (Å²) in [5.41, 5.74) is 0.832. The van der Waals surface area contributed by atoms with Gasteiger partial charge in [-0.25, -0.2) is 4.39 Å². The molecule has 1 aliphatic rings. The number of methoxy groups -OCH3 is 1. The van der Waals surface area contributed by atoms with Gasteiger partial charge in [0.1, 0.15) is 23.1 Å². The Morgan fingerprint density at radius 3 is 2.52 bits per heavy atom. The molecule has 0 saturated carbocycles. The number of amides is 1. The number of hydrogen-bond acceptors (Lipinski definition) is 6. The van der Waals surface area contributed by atoms with Gasteiger partial charge >= 0.3 is 5.91 Å². The first kappa shape index (κ1) is 20.3. The number of nitrogens with zero attached hydrogens (tertiary/aromatic N) is 2. The summed E-state index contributed by atoms with van der Waals surface area (Å²) in [5, 5.41) is 14.9. The second kappa shape index (κ2) is 7.71. The molecule has 0 spiro atoms. The van der Waals surface area contributed by atoms with Gasteiger partial charge in [0.2, 0.25) is 0 Å². The standard InChI is InChI=1S/C23H19FN2O5/c1-12-10-14(8-9-17(12)30-3)21(27)19-20(15-6-4-5-7-16(15)24)26(23(29)22(19)28)18-11-13(2)31-25-18/h4-11,20,27H,1-3H3/t20-/m1/s1. The fourth-order valence-electron chi connectivity index (χ4n) is 3.71. The molecule has 2 aromatic carbocycles. The van der Waals surface area contributed by atoms with E-state index in [-0.39, 0.29) is 17.0 Å². The van der Waals surface area contributed by atoms with Crippen molar-refractivity contribution in [3.8, 4) is 5.75 Å². The van der Waals surface area contributed by atoms with E-state index in [2.05, 4.69) is 5.16 Å². The average Bonchev–Trinajstić information content (AvgIpc) is 3.28. The number of aryl methyl sites for hydroxylation is 2. The number of rotatable bonds is 4. The van der Waals surface area contributed by atoms with Crippen molar-refractivity contribution < 1.29 is 28.3 Å². The number of aliphatic hydroxyl groups is 1. The van der Waals surface area contributed by atoms with Gasteiger partial charge in [0.05, 0.1) is 18.7 Å². The van der Waals surface area contributed by atoms with E-state index in [0.29, 0.717) is 17.1 Å². The molecule has 0 bridgehead atoms. The van der Waals surface area contributed by atoms with E-state index in [1.165, 1.54) is 31.4 Å². The summed E-state index contributed by atoms with van der Waals surface area (Å²) in [6, 6.07) is 10.8. The predicted molar refractivity (Wildman–Crippen MR) is 110 cm³/mol. The van der Waals surface area contributed by atoms with Crippen LogP contribution >= 0.6 is 0 Å². The highest BCUT2D eigenvalue weighted by Crippen LogP contribution is 2.42. The van der Waals surface area contributed by atoms with Gasteiger partial charge < -0.3 is 14.4 Å². The van der Waals surface area contributed by atoms with Gasteiger partial charge in [0.25, 0.3) is 5.78 Å². The molecular weight excluding hydrogens is 403 g/mol. The first-order chi connectivity index (χ1) is 14.8. The van der Waals surface area contributed by atoms with Crippen LogP contribution in [0.3, 0.4) is 0 Å². The number of benzene rings is 2. The van der Waals surface area contributed by atoms with Gasteiger partial charge in [0.15, 0.2) is 5.82 Å². The minimum Gasteiger partial charge on any atom is -0.507 e. The lowest BCUT2D eigenvalue weighted by atomic mass is 9.94. The van der Waals surface area contributed by atoms with E-state index in [0.717, 1.165) is 10.5 Å². The van der Waals surface area contributed by atoms with Crippen molar-refractivity contribution >= 4 is 23.3 Å². The number of Topliss-reactive ketones (excluding diaryl/α,β-unsaturated/α-hetero) is 1. The maximum Gasteiger partial charge on any atom is 0.301 e. The number of carbonyl (C=O) groups excluding carboxylic acids is 2. The summed E-state index contributed by atoms with van der Waals surface area (Å²) in [7, 11) is 1.52. The molecule has 1 fully saturated rings. The smallest absolute Gasteiger partial charge is 0.301 e. The van der Waals surface area contributed by atoms with Gasteiger partial charge in [-0.3, -0.25) is 14.5 Å². The maximum atomic E-state index is 14.8. The summed E-state index contributed by atoms with van der Waals surface area (Å²) in [6.07, 6.45) is 0. The minimum absolute atomic E-state index is 0.0501. The molecule has 3 aromatic rings. The molecular formula is C23H19FN2O5. The number of ether oxygens (including phenoxy) is 1. The van der Waals surface area contributed by atoms with Crippen molar-refractivity contribution in [2.75, 3.05) is 12.0 Å². The van der Waals surface area contributed by atoms with E-state index in [1.807, 2.05) is 0 Å². The Kier molecular flexibility index (Phi) is 5.06. The largest absolute Gasteiger partial charge is 0.507 e. The van der Waals surface area contributed by atoms with Crippen molar-refractivity contribution in [2.45, 2.75) is 19.9 Å². The van der Waals surface area contributed by atoms with E-state index >= 15 is 0 Å². The molecule has 4 rings (SSSR count). The highest BCUT2D eigenvalue weighted by Gasteiger charge is 2.48. The van der Waals surface area contributed by atoms with Gasteiger partial charge in [-0.05, 0) is 43.7 Å². The zero-order chi connectivity index (χ0) is 22.3. The van der Waals surface area contributed by atoms with Crippen LogP contribution in [0, 0.1) is 19.7 Å². The molecule has 1 aromatic heterocycles. The Morgan fingerprint density at radius 1 is 1.16 bits per heavy atom. The quantitative estimate of drug-likeness (QED) is 0.387. The normalized spacial score (nSPS) is 17.9. The summed E-state index contributed by atoms with van der Waals surface area (Å²) in [4.78, 5) is 27.0. The van der Waals surface area contributed by atoms with Crippen molar-refractivity contribution in [1.29, 1.82) is 0 Å². The Hall–Kier alpha value is -3.94. The molecule has 31 heavy (non-hydrogen) atoms. The van der Waals surface area contributed by atoms with Crippen LogP contribution in [0.4, 0.5) is 10.2 Å². The molecule has 0 unspecified atom stereocenters. The van der Waals surface area contributed by atoms with E-state index in [4.69, 9.17) is 9.26 Å². The molecule has 2 heterocycles. The summed E-state index contributed by atoms with van der Waals surface area (Å²) < 4.78 is 25.1. The van der Waals surface area contributed by atoms with Gasteiger partial charge in [0, 0.05) is 17.2 Å². The number of halogens is 1. The van der Waals surface area contributed by atoms with Crippen LogP contribution in [0.2, 0.25) is 0 Å². The molecule has 1 amide bonds. The van der Waals surface area contributed by atoms with Crippen LogP contribution in [-0.4, -0.2) is 29.1 Å². The highest BCUT2D eigenvalue weighted by molar-refractivity contribution is 6.51. The number of anilines is 1. The second-order valence-electron chi connectivity index (χ2n) is 7.17. The Balaban J connectivity index is 1.96. The van der Waals surface area contributed by atoms with Crippen molar-refractivity contribution in [2.24, 2.45) is 0 Å². The molecule has 0 radical (unpaired) electrons. The number of hydrogen-bond donors (Lipinski definition) is 1. The van der Waals surface area contributed by atoms with E-state index in [9.17, 15) is 19.1 Å². The Bertz CT molecular complexity index is 1230. The molecule has 0 aliphatic carbocycles. The topological polar surface area (TPSA) is 92.9 Å². The molecule has 8 heteroatoms. The predicted octanol–water partition coefficient (Wildman–Crippen LogP) is 4.07. The van der Waals surface area contributed by atoms with Crippen LogP contribution in [0.5, 0.6) is 5.75 Å².